The maximum absolute atomic E-state index is 2.54. The Bertz CT molecular complexity index is 4410. The lowest BCUT2D eigenvalue weighted by atomic mass is 9.79. The first-order chi connectivity index (χ1) is 39.4. The van der Waals surface area contributed by atoms with Crippen LogP contribution < -0.4 is 4.90 Å². The van der Waals surface area contributed by atoms with Crippen molar-refractivity contribution in [3.05, 3.63) is 228 Å². The Morgan fingerprint density at radius 2 is 0.714 bits per heavy atom. The average Bonchev–Trinajstić information content (AvgIpc) is 1.55. The first-order valence-corrected chi connectivity index (χ1v) is 30.6. The minimum atomic E-state index is -0.0423. The van der Waals surface area contributed by atoms with Gasteiger partial charge in [0.1, 0.15) is 0 Å². The summed E-state index contributed by atoms with van der Waals surface area (Å²) in [5.41, 5.74) is 22.3. The predicted molar refractivity (Wildman–Crippen MR) is 368 cm³/mol. The van der Waals surface area contributed by atoms with Crippen molar-refractivity contribution in [2.45, 2.75) is 157 Å². The zero-order chi connectivity index (χ0) is 59.8. The van der Waals surface area contributed by atoms with Crippen LogP contribution >= 0.6 is 0 Å². The number of hydrogen-bond acceptors (Lipinski definition) is 1. The highest BCUT2D eigenvalue weighted by Crippen LogP contribution is 2.49. The molecule has 0 saturated carbocycles. The minimum Gasteiger partial charge on any atom is -0.310 e. The highest BCUT2D eigenvalue weighted by atomic mass is 15.1. The van der Waals surface area contributed by atoms with E-state index >= 15 is 0 Å². The fraction of sp³-hybridized carbons (Fsp3) is 0.293. The molecule has 1 aromatic heterocycles. The van der Waals surface area contributed by atoms with Crippen molar-refractivity contribution in [3.8, 4) is 39.1 Å². The standard InChI is InChI=1S/C82H86N2/c1-77(2,3)57-31-25-51(26-32-57)65-38-33-58(78(4,5)6)48-68(65)55-22-20-24-64(46-55)83(63-23-19-21-54(45-63)56-43-61(81(13,14)15)47-62(44-56)82(16,17)18)71-39-29-52-28-37-67-72(40-30-53-27-36-66(71)75(52)76(53)67)84-73-41-34-59(79(7,8)9)49-69(73)70-50-60(80(10,11)12)35-42-74(70)84/h19-50H,1-18H3. The molecule has 0 N–H and O–H groups in total. The van der Waals surface area contributed by atoms with Crippen molar-refractivity contribution in [1.29, 1.82) is 0 Å². The fourth-order valence-corrected chi connectivity index (χ4v) is 12.8. The summed E-state index contributed by atoms with van der Waals surface area (Å²) in [4.78, 5) is 2.54. The molecule has 424 valence electrons. The summed E-state index contributed by atoms with van der Waals surface area (Å²) in [7, 11) is 0. The molecule has 0 bridgehead atoms. The lowest BCUT2D eigenvalue weighted by Crippen LogP contribution is -2.16. The first-order valence-electron chi connectivity index (χ1n) is 30.6. The molecule has 84 heavy (non-hydrogen) atoms. The first kappa shape index (κ1) is 56.5. The van der Waals surface area contributed by atoms with Crippen LogP contribution in [0.1, 0.15) is 158 Å². The SMILES string of the molecule is CC(C)(C)c1ccc(-c2ccc(C(C)(C)C)cc2-c2cccc(N(c3cccc(-c4cc(C(C)(C)C)cc(C(C)(C)C)c4)c3)c3ccc4ccc5c(-n6c7ccc(C(C)(C)C)cc7c7cc(C(C)(C)C)ccc76)ccc6ccc3c4c65)c2)cc1. The Balaban J connectivity index is 1.11. The average molecular weight is 1100 g/mol. The summed E-state index contributed by atoms with van der Waals surface area (Å²) in [5, 5.41) is 10.1. The van der Waals surface area contributed by atoms with Gasteiger partial charge in [-0.3, -0.25) is 0 Å². The third kappa shape index (κ3) is 10.2. The van der Waals surface area contributed by atoms with Crippen molar-refractivity contribution in [3.63, 3.8) is 0 Å². The van der Waals surface area contributed by atoms with Gasteiger partial charge in [0.2, 0.25) is 0 Å². The van der Waals surface area contributed by atoms with E-state index in [9.17, 15) is 0 Å². The number of rotatable bonds is 7. The van der Waals surface area contributed by atoms with Crippen molar-refractivity contribution >= 4 is 71.2 Å². The van der Waals surface area contributed by atoms with E-state index in [4.69, 9.17) is 0 Å². The molecule has 0 aliphatic carbocycles. The second kappa shape index (κ2) is 19.8. The van der Waals surface area contributed by atoms with E-state index in [0.717, 1.165) is 17.1 Å². The van der Waals surface area contributed by atoms with Gasteiger partial charge in [0.05, 0.1) is 22.4 Å². The van der Waals surface area contributed by atoms with E-state index in [1.165, 1.54) is 127 Å². The van der Waals surface area contributed by atoms with Gasteiger partial charge in [0.15, 0.2) is 0 Å². The third-order valence-electron chi connectivity index (χ3n) is 18.1. The molecule has 0 fully saturated rings. The second-order valence-corrected chi connectivity index (χ2v) is 30.5. The van der Waals surface area contributed by atoms with Crippen LogP contribution in [0.4, 0.5) is 17.1 Å². The Labute approximate surface area is 501 Å². The Morgan fingerprint density at radius 3 is 1.25 bits per heavy atom. The fourth-order valence-electron chi connectivity index (χ4n) is 12.8. The Kier molecular flexibility index (Phi) is 13.4. The smallest absolute Gasteiger partial charge is 0.0541 e. The van der Waals surface area contributed by atoms with Crippen molar-refractivity contribution in [2.24, 2.45) is 0 Å². The van der Waals surface area contributed by atoms with Gasteiger partial charge in [-0.1, -0.05) is 258 Å². The molecule has 12 aromatic rings. The summed E-state index contributed by atoms with van der Waals surface area (Å²) in [6, 6.07) is 75.6. The Hall–Kier alpha value is -7.94. The molecule has 0 spiro atoms. The molecule has 0 aliphatic rings. The van der Waals surface area contributed by atoms with Crippen LogP contribution in [0.3, 0.4) is 0 Å². The zero-order valence-corrected chi connectivity index (χ0v) is 53.4. The molecule has 0 atom stereocenters. The van der Waals surface area contributed by atoms with Crippen LogP contribution in [0.5, 0.6) is 0 Å². The van der Waals surface area contributed by atoms with E-state index in [1.807, 2.05) is 0 Å². The van der Waals surface area contributed by atoms with Gasteiger partial charge in [0, 0.05) is 32.9 Å². The van der Waals surface area contributed by atoms with Gasteiger partial charge >= 0.3 is 0 Å². The molecular weight excluding hydrogens is 1010 g/mol. The van der Waals surface area contributed by atoms with Crippen LogP contribution in [0, 0.1) is 0 Å². The minimum absolute atomic E-state index is 0.0117. The monoisotopic (exact) mass is 1100 g/mol. The number of anilines is 3. The molecule has 2 nitrogen and oxygen atoms in total. The number of benzene rings is 11. The zero-order valence-electron chi connectivity index (χ0n) is 53.4. The van der Waals surface area contributed by atoms with Gasteiger partial charge in [0.25, 0.3) is 0 Å². The van der Waals surface area contributed by atoms with Gasteiger partial charge in [-0.2, -0.15) is 0 Å². The molecular formula is C82H86N2. The van der Waals surface area contributed by atoms with E-state index in [1.54, 1.807) is 0 Å². The molecule has 11 aromatic carbocycles. The number of fused-ring (bicyclic) bond motifs is 3. The van der Waals surface area contributed by atoms with Crippen molar-refractivity contribution in [1.82, 2.24) is 4.57 Å². The second-order valence-electron chi connectivity index (χ2n) is 30.5. The lowest BCUT2D eigenvalue weighted by molar-refractivity contribution is 0.569. The molecule has 0 saturated heterocycles. The normalized spacial score (nSPS) is 13.1. The summed E-state index contributed by atoms with van der Waals surface area (Å²) in [6.45, 7) is 41.8. The van der Waals surface area contributed by atoms with E-state index in [-0.39, 0.29) is 32.5 Å². The third-order valence-corrected chi connectivity index (χ3v) is 18.1. The van der Waals surface area contributed by atoms with Crippen LogP contribution in [0.15, 0.2) is 194 Å². The van der Waals surface area contributed by atoms with E-state index in [0.29, 0.717) is 0 Å². The van der Waals surface area contributed by atoms with Crippen LogP contribution in [-0.2, 0) is 32.5 Å². The number of nitrogens with zero attached hydrogens (tertiary/aromatic N) is 2. The summed E-state index contributed by atoms with van der Waals surface area (Å²) in [6.07, 6.45) is 0. The largest absolute Gasteiger partial charge is 0.310 e. The topological polar surface area (TPSA) is 8.17 Å². The summed E-state index contributed by atoms with van der Waals surface area (Å²) >= 11 is 0. The van der Waals surface area contributed by atoms with Crippen LogP contribution in [0.2, 0.25) is 0 Å². The quantitative estimate of drug-likeness (QED) is 0.144. The maximum atomic E-state index is 2.54. The molecule has 1 heterocycles. The van der Waals surface area contributed by atoms with Crippen molar-refractivity contribution in [2.75, 3.05) is 4.90 Å². The Morgan fingerprint density at radius 1 is 0.274 bits per heavy atom. The summed E-state index contributed by atoms with van der Waals surface area (Å²) < 4.78 is 2.54. The van der Waals surface area contributed by atoms with Gasteiger partial charge in [-0.15, -0.1) is 0 Å². The molecule has 12 rings (SSSR count). The van der Waals surface area contributed by atoms with Gasteiger partial charge in [-0.05, 0) is 181 Å². The van der Waals surface area contributed by atoms with Crippen LogP contribution in [0.25, 0.3) is 93.2 Å². The highest BCUT2D eigenvalue weighted by Gasteiger charge is 2.27. The van der Waals surface area contributed by atoms with Crippen LogP contribution in [-0.4, -0.2) is 4.57 Å². The summed E-state index contributed by atoms with van der Waals surface area (Å²) in [5.74, 6) is 0. The predicted octanol–water partition coefficient (Wildman–Crippen LogP) is 23.9. The molecule has 0 amide bonds. The molecule has 0 radical (unpaired) electrons. The number of hydrogen-bond donors (Lipinski definition) is 0. The molecule has 2 heteroatoms. The number of aromatic nitrogens is 1. The molecule has 0 unspecified atom stereocenters. The van der Waals surface area contributed by atoms with Gasteiger partial charge in [-0.25, -0.2) is 0 Å². The maximum Gasteiger partial charge on any atom is 0.0541 e. The van der Waals surface area contributed by atoms with E-state index in [2.05, 4.69) is 328 Å². The van der Waals surface area contributed by atoms with Gasteiger partial charge < -0.3 is 9.47 Å². The van der Waals surface area contributed by atoms with Crippen molar-refractivity contribution < 1.29 is 0 Å². The molecule has 0 aliphatic heterocycles. The lowest BCUT2D eigenvalue weighted by Gasteiger charge is -2.29. The highest BCUT2D eigenvalue weighted by molar-refractivity contribution is 6.27. The van der Waals surface area contributed by atoms with E-state index < -0.39 is 0 Å².